The Hall–Kier alpha value is -0.690. The Morgan fingerprint density at radius 2 is 2.50 bits per heavy atom. The van der Waals surface area contributed by atoms with Gasteiger partial charge in [0, 0.05) is 6.61 Å². The van der Waals surface area contributed by atoms with Crippen LogP contribution in [-0.2, 0) is 19.1 Å². The van der Waals surface area contributed by atoms with Crippen LogP contribution >= 0.6 is 0 Å². The lowest BCUT2D eigenvalue weighted by Crippen LogP contribution is -2.27. The molecule has 3 N–H and O–H groups in total. The van der Waals surface area contributed by atoms with Gasteiger partial charge in [0.2, 0.25) is 0 Å². The summed E-state index contributed by atoms with van der Waals surface area (Å²) in [6, 6.07) is 0. The number of carbonyl (C=O) groups is 1. The van der Waals surface area contributed by atoms with Gasteiger partial charge in [0.25, 0.3) is 0 Å². The molecule has 0 spiro atoms. The van der Waals surface area contributed by atoms with Crippen LogP contribution in [0.5, 0.6) is 0 Å². The zero-order chi connectivity index (χ0) is 10.2. The standard InChI is InChI=1S/C8H16N2O4/c9-10-14-8(11)3-5-12-6-7-2-1-4-13-7/h7,10H,1-6,9H2. The molecule has 0 saturated carbocycles. The van der Waals surface area contributed by atoms with Gasteiger partial charge in [-0.2, -0.15) is 0 Å². The van der Waals surface area contributed by atoms with Gasteiger partial charge in [0.05, 0.1) is 25.7 Å². The smallest absolute Gasteiger partial charge is 0.328 e. The highest BCUT2D eigenvalue weighted by Gasteiger charge is 2.15. The molecule has 1 unspecified atom stereocenters. The Kier molecular flexibility index (Phi) is 5.46. The largest absolute Gasteiger partial charge is 0.378 e. The Morgan fingerprint density at radius 1 is 1.64 bits per heavy atom. The van der Waals surface area contributed by atoms with Gasteiger partial charge in [-0.15, -0.1) is 0 Å². The molecule has 1 saturated heterocycles. The van der Waals surface area contributed by atoms with E-state index in [2.05, 4.69) is 4.84 Å². The van der Waals surface area contributed by atoms with Crippen LogP contribution in [-0.4, -0.2) is 31.9 Å². The fourth-order valence-electron chi connectivity index (χ4n) is 1.26. The minimum atomic E-state index is -0.431. The summed E-state index contributed by atoms with van der Waals surface area (Å²) >= 11 is 0. The number of ether oxygens (including phenoxy) is 2. The molecule has 0 aromatic heterocycles. The van der Waals surface area contributed by atoms with Crippen LogP contribution in [0.4, 0.5) is 0 Å². The first-order valence-corrected chi connectivity index (χ1v) is 4.67. The van der Waals surface area contributed by atoms with Crippen LogP contribution in [0.15, 0.2) is 0 Å². The lowest BCUT2D eigenvalue weighted by Gasteiger charge is -2.09. The van der Waals surface area contributed by atoms with Crippen molar-refractivity contribution in [2.75, 3.05) is 19.8 Å². The molecule has 1 aliphatic rings. The topological polar surface area (TPSA) is 82.8 Å². The maximum atomic E-state index is 10.8. The van der Waals surface area contributed by atoms with Gasteiger partial charge < -0.3 is 14.3 Å². The molecule has 0 radical (unpaired) electrons. The van der Waals surface area contributed by atoms with Crippen LogP contribution in [0.1, 0.15) is 19.3 Å². The van der Waals surface area contributed by atoms with Crippen molar-refractivity contribution in [3.8, 4) is 0 Å². The second-order valence-corrected chi connectivity index (χ2v) is 3.05. The van der Waals surface area contributed by atoms with E-state index in [0.717, 1.165) is 19.4 Å². The van der Waals surface area contributed by atoms with Crippen LogP contribution in [0.3, 0.4) is 0 Å². The minimum absolute atomic E-state index is 0.191. The van der Waals surface area contributed by atoms with Gasteiger partial charge >= 0.3 is 5.97 Å². The van der Waals surface area contributed by atoms with Gasteiger partial charge in [-0.05, 0) is 12.8 Å². The monoisotopic (exact) mass is 204 g/mol. The summed E-state index contributed by atoms with van der Waals surface area (Å²) in [5.74, 6) is 4.35. The second kappa shape index (κ2) is 6.72. The van der Waals surface area contributed by atoms with E-state index in [-0.39, 0.29) is 12.5 Å². The summed E-state index contributed by atoms with van der Waals surface area (Å²) in [6.45, 7) is 1.69. The van der Waals surface area contributed by atoms with Crippen LogP contribution in [0.25, 0.3) is 0 Å². The second-order valence-electron chi connectivity index (χ2n) is 3.05. The Morgan fingerprint density at radius 3 is 3.14 bits per heavy atom. The Balaban J connectivity index is 1.90. The maximum Gasteiger partial charge on any atom is 0.328 e. The highest BCUT2D eigenvalue weighted by molar-refractivity contribution is 5.69. The normalized spacial score (nSPS) is 21.1. The summed E-state index contributed by atoms with van der Waals surface area (Å²) in [5.41, 5.74) is 1.82. The van der Waals surface area contributed by atoms with E-state index in [0.29, 0.717) is 13.2 Å². The average Bonchev–Trinajstić information content (AvgIpc) is 2.65. The number of rotatable bonds is 6. The lowest BCUT2D eigenvalue weighted by molar-refractivity contribution is -0.152. The average molecular weight is 204 g/mol. The highest BCUT2D eigenvalue weighted by atomic mass is 16.7. The van der Waals surface area contributed by atoms with E-state index in [1.807, 2.05) is 5.59 Å². The zero-order valence-electron chi connectivity index (χ0n) is 8.03. The van der Waals surface area contributed by atoms with Gasteiger partial charge in [0.1, 0.15) is 0 Å². The number of carbonyl (C=O) groups excluding carboxylic acids is 1. The molecule has 0 amide bonds. The fraction of sp³-hybridized carbons (Fsp3) is 0.875. The maximum absolute atomic E-state index is 10.8. The molecule has 0 aromatic rings. The number of nitrogens with two attached hydrogens (primary N) is 1. The van der Waals surface area contributed by atoms with E-state index >= 15 is 0 Å². The van der Waals surface area contributed by atoms with Gasteiger partial charge in [-0.3, -0.25) is 4.79 Å². The number of hydrogen-bond acceptors (Lipinski definition) is 6. The number of nitrogens with one attached hydrogen (secondary N) is 1. The van der Waals surface area contributed by atoms with Crippen molar-refractivity contribution < 1.29 is 19.1 Å². The third-order valence-corrected chi connectivity index (χ3v) is 1.95. The first kappa shape index (κ1) is 11.4. The summed E-state index contributed by atoms with van der Waals surface area (Å²) in [4.78, 5) is 15.1. The SMILES string of the molecule is NNOC(=O)CCOCC1CCCO1. The van der Waals surface area contributed by atoms with Crippen LogP contribution in [0.2, 0.25) is 0 Å². The van der Waals surface area contributed by atoms with Gasteiger partial charge in [-0.25, -0.2) is 5.84 Å². The molecule has 0 aliphatic carbocycles. The summed E-state index contributed by atoms with van der Waals surface area (Å²) in [5, 5.41) is 0. The van der Waals surface area contributed by atoms with E-state index in [1.165, 1.54) is 0 Å². The molecule has 1 aliphatic heterocycles. The van der Waals surface area contributed by atoms with Crippen molar-refractivity contribution in [2.24, 2.45) is 5.84 Å². The van der Waals surface area contributed by atoms with E-state index in [1.54, 1.807) is 0 Å². The molecular weight excluding hydrogens is 188 g/mol. The first-order valence-electron chi connectivity index (χ1n) is 4.67. The van der Waals surface area contributed by atoms with Crippen molar-refractivity contribution >= 4 is 5.97 Å². The van der Waals surface area contributed by atoms with Crippen molar-refractivity contribution in [1.29, 1.82) is 0 Å². The van der Waals surface area contributed by atoms with Crippen LogP contribution in [0, 0.1) is 0 Å². The number of hydrazine groups is 1. The molecule has 6 nitrogen and oxygen atoms in total. The predicted octanol–water partition coefficient (Wildman–Crippen LogP) is -0.506. The van der Waals surface area contributed by atoms with Crippen molar-refractivity contribution in [3.05, 3.63) is 0 Å². The molecule has 6 heteroatoms. The molecule has 0 bridgehead atoms. The summed E-state index contributed by atoms with van der Waals surface area (Å²) < 4.78 is 10.6. The molecule has 1 atom stereocenters. The van der Waals surface area contributed by atoms with E-state index in [4.69, 9.17) is 15.3 Å². The number of hydrogen-bond donors (Lipinski definition) is 2. The quantitative estimate of drug-likeness (QED) is 0.344. The van der Waals surface area contributed by atoms with E-state index in [9.17, 15) is 4.79 Å². The molecule has 1 fully saturated rings. The third kappa shape index (κ3) is 4.52. The Bertz CT molecular complexity index is 171. The van der Waals surface area contributed by atoms with Crippen LogP contribution < -0.4 is 11.4 Å². The summed E-state index contributed by atoms with van der Waals surface area (Å²) in [7, 11) is 0. The zero-order valence-corrected chi connectivity index (χ0v) is 8.03. The summed E-state index contributed by atoms with van der Waals surface area (Å²) in [6.07, 6.45) is 2.51. The van der Waals surface area contributed by atoms with Gasteiger partial charge in [0.15, 0.2) is 0 Å². The molecule has 82 valence electrons. The molecule has 1 rings (SSSR count). The molecule has 1 heterocycles. The molecule has 0 aromatic carbocycles. The Labute approximate surface area is 82.6 Å². The van der Waals surface area contributed by atoms with Crippen molar-refractivity contribution in [2.45, 2.75) is 25.4 Å². The molecular formula is C8H16N2O4. The van der Waals surface area contributed by atoms with E-state index < -0.39 is 5.97 Å². The predicted molar refractivity (Wildman–Crippen MR) is 47.8 cm³/mol. The fourth-order valence-corrected chi connectivity index (χ4v) is 1.26. The van der Waals surface area contributed by atoms with Gasteiger partial charge in [-0.1, -0.05) is 5.59 Å². The minimum Gasteiger partial charge on any atom is -0.378 e. The molecule has 14 heavy (non-hydrogen) atoms. The third-order valence-electron chi connectivity index (χ3n) is 1.95. The highest BCUT2D eigenvalue weighted by Crippen LogP contribution is 2.11. The van der Waals surface area contributed by atoms with Crippen molar-refractivity contribution in [1.82, 2.24) is 5.59 Å². The van der Waals surface area contributed by atoms with Crippen molar-refractivity contribution in [3.63, 3.8) is 0 Å². The first-order chi connectivity index (χ1) is 6.83. The lowest BCUT2D eigenvalue weighted by atomic mass is 10.2.